The second kappa shape index (κ2) is 4.27. The van der Waals surface area contributed by atoms with Crippen LogP contribution in [0, 0.1) is 21.4 Å². The summed E-state index contributed by atoms with van der Waals surface area (Å²) in [5.74, 6) is 0. The van der Waals surface area contributed by atoms with Crippen LogP contribution >= 0.6 is 23.2 Å². The summed E-state index contributed by atoms with van der Waals surface area (Å²) in [5.41, 5.74) is 0.121. The Morgan fingerprint density at radius 2 is 2.21 bits per heavy atom. The Bertz CT molecular complexity index is 414. The van der Waals surface area contributed by atoms with Crippen LogP contribution in [-0.4, -0.2) is 4.92 Å². The van der Waals surface area contributed by atoms with Gasteiger partial charge >= 0.3 is 0 Å². The van der Waals surface area contributed by atoms with Gasteiger partial charge in [-0.2, -0.15) is 5.26 Å². The van der Waals surface area contributed by atoms with Gasteiger partial charge < -0.3 is 0 Å². The fourth-order valence-electron chi connectivity index (χ4n) is 0.902. The Balaban J connectivity index is 3.21. The zero-order chi connectivity index (χ0) is 10.7. The van der Waals surface area contributed by atoms with Gasteiger partial charge in [-0.25, -0.2) is 0 Å². The minimum atomic E-state index is -0.897. The first-order valence-electron chi connectivity index (χ1n) is 3.53. The molecule has 1 atom stereocenters. The quantitative estimate of drug-likeness (QED) is 0.446. The number of hydrogen-bond acceptors (Lipinski definition) is 3. The molecule has 4 nitrogen and oxygen atoms in total. The SMILES string of the molecule is N#CC(Cl)c1ccc(Cl)c([N+](=O)[O-])c1. The van der Waals surface area contributed by atoms with Gasteiger partial charge in [-0.1, -0.05) is 17.7 Å². The van der Waals surface area contributed by atoms with Crippen molar-refractivity contribution in [2.45, 2.75) is 5.38 Å². The highest BCUT2D eigenvalue weighted by Crippen LogP contribution is 2.29. The molecule has 0 saturated carbocycles. The average Bonchev–Trinajstić information content (AvgIpc) is 2.17. The van der Waals surface area contributed by atoms with Crippen LogP contribution in [0.1, 0.15) is 10.9 Å². The number of nitrogens with zero attached hydrogens (tertiary/aromatic N) is 2. The summed E-state index contributed by atoms with van der Waals surface area (Å²) in [6.45, 7) is 0. The molecule has 0 fully saturated rings. The van der Waals surface area contributed by atoms with Gasteiger partial charge in [0.05, 0.1) is 11.0 Å². The van der Waals surface area contributed by atoms with E-state index in [9.17, 15) is 10.1 Å². The van der Waals surface area contributed by atoms with E-state index in [-0.39, 0.29) is 10.7 Å². The number of hydrogen-bond donors (Lipinski definition) is 0. The van der Waals surface area contributed by atoms with Gasteiger partial charge in [0.1, 0.15) is 10.4 Å². The van der Waals surface area contributed by atoms with E-state index in [0.717, 1.165) is 0 Å². The molecule has 72 valence electrons. The second-order valence-corrected chi connectivity index (χ2v) is 3.30. The molecule has 0 N–H and O–H groups in total. The molecule has 0 saturated heterocycles. The van der Waals surface area contributed by atoms with E-state index in [4.69, 9.17) is 28.5 Å². The van der Waals surface area contributed by atoms with Gasteiger partial charge in [-0.3, -0.25) is 10.1 Å². The van der Waals surface area contributed by atoms with Crippen LogP contribution in [0.3, 0.4) is 0 Å². The Morgan fingerprint density at radius 3 is 2.71 bits per heavy atom. The van der Waals surface area contributed by atoms with Crippen molar-refractivity contribution in [3.05, 3.63) is 38.9 Å². The molecular formula is C8H4Cl2N2O2. The highest BCUT2D eigenvalue weighted by Gasteiger charge is 2.16. The van der Waals surface area contributed by atoms with E-state index >= 15 is 0 Å². The summed E-state index contributed by atoms with van der Waals surface area (Å²) in [6, 6.07) is 5.80. The van der Waals surface area contributed by atoms with Crippen LogP contribution < -0.4 is 0 Å². The normalized spacial score (nSPS) is 11.8. The topological polar surface area (TPSA) is 66.9 Å². The second-order valence-electron chi connectivity index (χ2n) is 2.46. The highest BCUT2D eigenvalue weighted by atomic mass is 35.5. The van der Waals surface area contributed by atoms with Gasteiger partial charge in [0.2, 0.25) is 0 Å². The number of nitro benzene ring substituents is 1. The molecule has 14 heavy (non-hydrogen) atoms. The molecule has 6 heteroatoms. The van der Waals surface area contributed by atoms with E-state index in [1.807, 2.05) is 0 Å². The van der Waals surface area contributed by atoms with Crippen molar-refractivity contribution in [1.29, 1.82) is 5.26 Å². The molecule has 0 spiro atoms. The molecule has 0 radical (unpaired) electrons. The number of nitriles is 1. The lowest BCUT2D eigenvalue weighted by atomic mass is 10.1. The molecule has 1 aromatic carbocycles. The van der Waals surface area contributed by atoms with Gasteiger partial charge in [0, 0.05) is 6.07 Å². The van der Waals surface area contributed by atoms with Crippen molar-refractivity contribution in [3.63, 3.8) is 0 Å². The van der Waals surface area contributed by atoms with Crippen molar-refractivity contribution >= 4 is 28.9 Å². The molecule has 0 bridgehead atoms. The van der Waals surface area contributed by atoms with Gasteiger partial charge in [-0.05, 0) is 11.6 Å². The zero-order valence-electron chi connectivity index (χ0n) is 6.78. The average molecular weight is 231 g/mol. The van der Waals surface area contributed by atoms with Gasteiger partial charge in [-0.15, -0.1) is 11.6 Å². The summed E-state index contributed by atoms with van der Waals surface area (Å²) >= 11 is 11.2. The number of halogens is 2. The minimum Gasteiger partial charge on any atom is -0.258 e. The first-order valence-corrected chi connectivity index (χ1v) is 4.35. The molecule has 1 aromatic rings. The Labute approximate surface area is 89.8 Å². The molecule has 0 heterocycles. The van der Waals surface area contributed by atoms with Crippen LogP contribution in [0.2, 0.25) is 5.02 Å². The van der Waals surface area contributed by atoms with Crippen LogP contribution in [-0.2, 0) is 0 Å². The predicted molar refractivity (Wildman–Crippen MR) is 52.3 cm³/mol. The number of alkyl halides is 1. The fourth-order valence-corrected chi connectivity index (χ4v) is 1.22. The monoisotopic (exact) mass is 230 g/mol. The third-order valence-corrected chi connectivity index (χ3v) is 2.24. The molecule has 1 unspecified atom stereocenters. The molecule has 0 aromatic heterocycles. The maximum atomic E-state index is 10.5. The van der Waals surface area contributed by atoms with Crippen molar-refractivity contribution in [1.82, 2.24) is 0 Å². The first-order chi connectivity index (χ1) is 6.56. The zero-order valence-corrected chi connectivity index (χ0v) is 8.29. The van der Waals surface area contributed by atoms with Crippen LogP contribution in [0.25, 0.3) is 0 Å². The maximum Gasteiger partial charge on any atom is 0.288 e. The van der Waals surface area contributed by atoms with E-state index in [2.05, 4.69) is 0 Å². The van der Waals surface area contributed by atoms with Crippen LogP contribution in [0.4, 0.5) is 5.69 Å². The van der Waals surface area contributed by atoms with Crippen molar-refractivity contribution in [3.8, 4) is 6.07 Å². The van der Waals surface area contributed by atoms with E-state index < -0.39 is 10.3 Å². The fraction of sp³-hybridized carbons (Fsp3) is 0.125. The molecule has 0 aliphatic heterocycles. The summed E-state index contributed by atoms with van der Waals surface area (Å²) < 4.78 is 0. The third-order valence-electron chi connectivity index (χ3n) is 1.57. The summed E-state index contributed by atoms with van der Waals surface area (Å²) in [4.78, 5) is 9.86. The van der Waals surface area contributed by atoms with Crippen molar-refractivity contribution in [2.75, 3.05) is 0 Å². The first kappa shape index (κ1) is 10.8. The smallest absolute Gasteiger partial charge is 0.258 e. The summed E-state index contributed by atoms with van der Waals surface area (Å²) in [6.07, 6.45) is 0. The van der Waals surface area contributed by atoms with Crippen molar-refractivity contribution in [2.24, 2.45) is 0 Å². The molecule has 1 rings (SSSR count). The lowest BCUT2D eigenvalue weighted by Crippen LogP contribution is -1.92. The summed E-state index contributed by atoms with van der Waals surface area (Å²) in [5, 5.41) is 18.1. The van der Waals surface area contributed by atoms with Crippen LogP contribution in [0.15, 0.2) is 18.2 Å². The molecule has 0 aliphatic rings. The van der Waals surface area contributed by atoms with E-state index in [1.165, 1.54) is 18.2 Å². The van der Waals surface area contributed by atoms with Crippen LogP contribution in [0.5, 0.6) is 0 Å². The van der Waals surface area contributed by atoms with E-state index in [1.54, 1.807) is 6.07 Å². The summed E-state index contributed by atoms with van der Waals surface area (Å²) in [7, 11) is 0. The highest BCUT2D eigenvalue weighted by molar-refractivity contribution is 6.32. The molecular weight excluding hydrogens is 227 g/mol. The van der Waals surface area contributed by atoms with Gasteiger partial charge in [0.25, 0.3) is 5.69 Å². The van der Waals surface area contributed by atoms with Gasteiger partial charge in [0.15, 0.2) is 0 Å². The Kier molecular flexibility index (Phi) is 3.28. The lowest BCUT2D eigenvalue weighted by molar-refractivity contribution is -0.384. The maximum absolute atomic E-state index is 10.5. The third kappa shape index (κ3) is 2.13. The number of rotatable bonds is 2. The lowest BCUT2D eigenvalue weighted by Gasteiger charge is -2.01. The predicted octanol–water partition coefficient (Wildman–Crippen LogP) is 3.05. The Morgan fingerprint density at radius 1 is 1.57 bits per heavy atom. The molecule has 0 aliphatic carbocycles. The largest absolute Gasteiger partial charge is 0.288 e. The minimum absolute atomic E-state index is 0.0283. The Hall–Kier alpha value is -1.31. The standard InChI is InChI=1S/C8H4Cl2N2O2/c9-6-2-1-5(7(10)4-11)3-8(6)12(13)14/h1-3,7H. The molecule has 0 amide bonds. The number of benzene rings is 1. The number of nitro groups is 1. The van der Waals surface area contributed by atoms with Crippen molar-refractivity contribution < 1.29 is 4.92 Å². The van der Waals surface area contributed by atoms with E-state index in [0.29, 0.717) is 5.56 Å².